The van der Waals surface area contributed by atoms with Gasteiger partial charge in [0.15, 0.2) is 5.96 Å². The summed E-state index contributed by atoms with van der Waals surface area (Å²) in [5.41, 5.74) is 1.30. The number of halogens is 2. The molecule has 124 valence electrons. The summed E-state index contributed by atoms with van der Waals surface area (Å²) in [5, 5.41) is 6.62. The molecule has 0 unspecified atom stereocenters. The average molecular weight is 419 g/mol. The molecule has 0 heterocycles. The molecule has 1 aromatic carbocycles. The summed E-state index contributed by atoms with van der Waals surface area (Å²) in [6, 6.07) is 7.28. The van der Waals surface area contributed by atoms with Crippen LogP contribution in [0, 0.1) is 5.82 Å². The summed E-state index contributed by atoms with van der Waals surface area (Å²) >= 11 is 0. The van der Waals surface area contributed by atoms with Crippen LogP contribution in [-0.2, 0) is 5.41 Å². The molecule has 0 spiro atoms. The predicted molar refractivity (Wildman–Crippen MR) is 102 cm³/mol. The smallest absolute Gasteiger partial charge is 0.191 e. The fourth-order valence-corrected chi connectivity index (χ4v) is 2.77. The Hall–Kier alpha value is -0.850. The summed E-state index contributed by atoms with van der Waals surface area (Å²) in [7, 11) is 0. The molecule has 1 aliphatic carbocycles. The van der Waals surface area contributed by atoms with E-state index in [1.54, 1.807) is 12.1 Å². The maximum Gasteiger partial charge on any atom is 0.191 e. The lowest BCUT2D eigenvalue weighted by Crippen LogP contribution is -2.43. The van der Waals surface area contributed by atoms with E-state index in [-0.39, 0.29) is 35.2 Å². The molecule has 0 saturated heterocycles. The van der Waals surface area contributed by atoms with Crippen molar-refractivity contribution in [2.24, 2.45) is 4.99 Å². The largest absolute Gasteiger partial charge is 0.357 e. The highest BCUT2D eigenvalue weighted by atomic mass is 127. The van der Waals surface area contributed by atoms with Crippen molar-refractivity contribution in [1.82, 2.24) is 10.6 Å². The SMILES string of the molecule is CCNC(=NCC1(c2ccc(F)cc2)CCC1)NC(C)C.I. The molecule has 3 nitrogen and oxygen atoms in total. The van der Waals surface area contributed by atoms with Crippen LogP contribution in [0.2, 0.25) is 0 Å². The molecular formula is C17H27FIN3. The molecule has 0 aliphatic heterocycles. The fraction of sp³-hybridized carbons (Fsp3) is 0.588. The Kier molecular flexibility index (Phi) is 7.59. The van der Waals surface area contributed by atoms with Crippen LogP contribution in [0.4, 0.5) is 4.39 Å². The molecule has 2 rings (SSSR count). The number of guanidine groups is 1. The Balaban J connectivity index is 0.00000242. The molecule has 5 heteroatoms. The lowest BCUT2D eigenvalue weighted by Gasteiger charge is -2.41. The highest BCUT2D eigenvalue weighted by Gasteiger charge is 2.38. The second kappa shape index (κ2) is 8.70. The van der Waals surface area contributed by atoms with Gasteiger partial charge in [-0.05, 0) is 51.3 Å². The Bertz CT molecular complexity index is 481. The van der Waals surface area contributed by atoms with Gasteiger partial charge in [-0.3, -0.25) is 4.99 Å². The van der Waals surface area contributed by atoms with E-state index in [9.17, 15) is 4.39 Å². The van der Waals surface area contributed by atoms with E-state index in [0.29, 0.717) is 6.04 Å². The molecule has 0 atom stereocenters. The van der Waals surface area contributed by atoms with Crippen molar-refractivity contribution in [3.05, 3.63) is 35.6 Å². The van der Waals surface area contributed by atoms with Crippen molar-refractivity contribution in [3.63, 3.8) is 0 Å². The Labute approximate surface area is 150 Å². The molecule has 1 saturated carbocycles. The molecule has 0 amide bonds. The van der Waals surface area contributed by atoms with Gasteiger partial charge in [-0.2, -0.15) is 0 Å². The first-order chi connectivity index (χ1) is 10.1. The molecule has 2 N–H and O–H groups in total. The fourth-order valence-electron chi connectivity index (χ4n) is 2.77. The van der Waals surface area contributed by atoms with Crippen LogP contribution >= 0.6 is 24.0 Å². The molecule has 1 fully saturated rings. The molecule has 0 aromatic heterocycles. The lowest BCUT2D eigenvalue weighted by atomic mass is 9.64. The van der Waals surface area contributed by atoms with E-state index in [4.69, 9.17) is 4.99 Å². The Morgan fingerprint density at radius 1 is 1.27 bits per heavy atom. The first kappa shape index (κ1) is 19.2. The summed E-state index contributed by atoms with van der Waals surface area (Å²) in [4.78, 5) is 4.75. The number of nitrogens with one attached hydrogen (secondary N) is 2. The monoisotopic (exact) mass is 419 g/mol. The van der Waals surface area contributed by atoms with Gasteiger partial charge < -0.3 is 10.6 Å². The predicted octanol–water partition coefficient (Wildman–Crippen LogP) is 3.83. The van der Waals surface area contributed by atoms with Gasteiger partial charge in [0.2, 0.25) is 0 Å². The molecule has 0 bridgehead atoms. The van der Waals surface area contributed by atoms with Gasteiger partial charge in [0, 0.05) is 18.0 Å². The van der Waals surface area contributed by atoms with Crippen molar-refractivity contribution in [3.8, 4) is 0 Å². The highest BCUT2D eigenvalue weighted by Crippen LogP contribution is 2.43. The first-order valence-electron chi connectivity index (χ1n) is 7.86. The quantitative estimate of drug-likeness (QED) is 0.433. The van der Waals surface area contributed by atoms with E-state index in [1.165, 1.54) is 12.0 Å². The second-order valence-corrected chi connectivity index (χ2v) is 6.13. The zero-order valence-electron chi connectivity index (χ0n) is 13.7. The van der Waals surface area contributed by atoms with Gasteiger partial charge in [-0.25, -0.2) is 4.39 Å². The second-order valence-electron chi connectivity index (χ2n) is 6.13. The van der Waals surface area contributed by atoms with Crippen molar-refractivity contribution in [2.75, 3.05) is 13.1 Å². The van der Waals surface area contributed by atoms with Crippen LogP contribution in [0.1, 0.15) is 45.6 Å². The first-order valence-corrected chi connectivity index (χ1v) is 7.86. The standard InChI is InChI=1S/C17H26FN3.HI/c1-4-19-16(21-13(2)3)20-12-17(10-5-11-17)14-6-8-15(18)9-7-14;/h6-9,13H,4-5,10-12H2,1-3H3,(H2,19,20,21);1H. The van der Waals surface area contributed by atoms with Crippen LogP contribution in [0.3, 0.4) is 0 Å². The van der Waals surface area contributed by atoms with Crippen LogP contribution in [-0.4, -0.2) is 25.1 Å². The molecule has 1 aromatic rings. The number of rotatable bonds is 5. The number of aliphatic imine (C=N–C) groups is 1. The highest BCUT2D eigenvalue weighted by molar-refractivity contribution is 14.0. The van der Waals surface area contributed by atoms with Gasteiger partial charge in [0.1, 0.15) is 5.82 Å². The topological polar surface area (TPSA) is 36.4 Å². The van der Waals surface area contributed by atoms with Crippen molar-refractivity contribution in [2.45, 2.75) is 51.5 Å². The van der Waals surface area contributed by atoms with E-state index in [1.807, 2.05) is 12.1 Å². The van der Waals surface area contributed by atoms with Gasteiger partial charge in [0.25, 0.3) is 0 Å². The van der Waals surface area contributed by atoms with Gasteiger partial charge in [-0.15, -0.1) is 24.0 Å². The maximum atomic E-state index is 13.1. The van der Waals surface area contributed by atoms with Crippen LogP contribution in [0.5, 0.6) is 0 Å². The van der Waals surface area contributed by atoms with Crippen molar-refractivity contribution < 1.29 is 4.39 Å². The number of nitrogens with zero attached hydrogens (tertiary/aromatic N) is 1. The third-order valence-electron chi connectivity index (χ3n) is 4.08. The number of benzene rings is 1. The number of hydrogen-bond acceptors (Lipinski definition) is 1. The van der Waals surface area contributed by atoms with Gasteiger partial charge in [-0.1, -0.05) is 18.6 Å². The molecule has 1 aliphatic rings. The Morgan fingerprint density at radius 2 is 1.91 bits per heavy atom. The third-order valence-corrected chi connectivity index (χ3v) is 4.08. The summed E-state index contributed by atoms with van der Waals surface area (Å²) < 4.78 is 13.1. The number of hydrogen-bond donors (Lipinski definition) is 2. The van der Waals surface area contributed by atoms with Crippen LogP contribution in [0.25, 0.3) is 0 Å². The van der Waals surface area contributed by atoms with E-state index >= 15 is 0 Å². The molecular weight excluding hydrogens is 392 g/mol. The summed E-state index contributed by atoms with van der Waals surface area (Å²) in [6.07, 6.45) is 3.48. The van der Waals surface area contributed by atoms with Crippen molar-refractivity contribution >= 4 is 29.9 Å². The van der Waals surface area contributed by atoms with E-state index in [2.05, 4.69) is 31.4 Å². The summed E-state index contributed by atoms with van der Waals surface area (Å²) in [6.45, 7) is 7.87. The van der Waals surface area contributed by atoms with Crippen molar-refractivity contribution in [1.29, 1.82) is 0 Å². The lowest BCUT2D eigenvalue weighted by molar-refractivity contribution is 0.253. The van der Waals surface area contributed by atoms with Gasteiger partial charge in [0.05, 0.1) is 6.54 Å². The minimum atomic E-state index is -0.175. The molecule has 0 radical (unpaired) electrons. The van der Waals surface area contributed by atoms with E-state index in [0.717, 1.165) is 31.9 Å². The zero-order valence-corrected chi connectivity index (χ0v) is 16.0. The normalized spacial score (nSPS) is 16.7. The molecule has 22 heavy (non-hydrogen) atoms. The Morgan fingerprint density at radius 3 is 2.36 bits per heavy atom. The third kappa shape index (κ3) is 4.83. The minimum Gasteiger partial charge on any atom is -0.357 e. The minimum absolute atomic E-state index is 0. The zero-order chi connectivity index (χ0) is 15.3. The van der Waals surface area contributed by atoms with Gasteiger partial charge >= 0.3 is 0 Å². The van der Waals surface area contributed by atoms with Crippen LogP contribution < -0.4 is 10.6 Å². The summed E-state index contributed by atoms with van der Waals surface area (Å²) in [5.74, 6) is 0.687. The maximum absolute atomic E-state index is 13.1. The average Bonchev–Trinajstić information content (AvgIpc) is 2.39. The van der Waals surface area contributed by atoms with Crippen LogP contribution in [0.15, 0.2) is 29.3 Å². The van der Waals surface area contributed by atoms with E-state index < -0.39 is 0 Å².